The van der Waals surface area contributed by atoms with E-state index >= 15 is 0 Å². The highest BCUT2D eigenvalue weighted by Gasteiger charge is 2.13. The molecule has 3 N–H and O–H groups in total. The zero-order valence-electron chi connectivity index (χ0n) is 10.5. The summed E-state index contributed by atoms with van der Waals surface area (Å²) in [6, 6.07) is 9.22. The van der Waals surface area contributed by atoms with E-state index in [9.17, 15) is 20.0 Å². The largest absolute Gasteiger partial charge is 0.506 e. The minimum absolute atomic E-state index is 0.0752. The van der Waals surface area contributed by atoms with Crippen LogP contribution >= 0.6 is 11.6 Å². The summed E-state index contributed by atoms with van der Waals surface area (Å²) >= 11 is 5.89. The van der Waals surface area contributed by atoms with E-state index in [2.05, 4.69) is 10.6 Å². The number of rotatable bonds is 3. The van der Waals surface area contributed by atoms with Crippen LogP contribution in [0, 0.1) is 10.1 Å². The van der Waals surface area contributed by atoms with Crippen molar-refractivity contribution < 1.29 is 14.8 Å². The molecule has 2 amide bonds. The second-order valence-corrected chi connectivity index (χ2v) is 4.42. The second-order valence-electron chi connectivity index (χ2n) is 4.02. The Labute approximate surface area is 124 Å². The Hall–Kier alpha value is -2.80. The molecule has 21 heavy (non-hydrogen) atoms. The van der Waals surface area contributed by atoms with Crippen molar-refractivity contribution in [1.29, 1.82) is 0 Å². The average molecular weight is 308 g/mol. The van der Waals surface area contributed by atoms with Crippen LogP contribution in [0.15, 0.2) is 42.5 Å². The first kappa shape index (κ1) is 14.6. The number of nitro benzene ring substituents is 1. The molecule has 0 fully saturated rings. The molecule has 0 bridgehead atoms. The van der Waals surface area contributed by atoms with Gasteiger partial charge < -0.3 is 15.7 Å². The number of carbonyl (C=O) groups excluding carboxylic acids is 1. The molecule has 0 saturated heterocycles. The summed E-state index contributed by atoms with van der Waals surface area (Å²) in [6.45, 7) is 0. The smallest absolute Gasteiger partial charge is 0.323 e. The highest BCUT2D eigenvalue weighted by atomic mass is 35.5. The van der Waals surface area contributed by atoms with Crippen molar-refractivity contribution in [2.45, 2.75) is 0 Å². The van der Waals surface area contributed by atoms with Gasteiger partial charge in [0, 0.05) is 12.1 Å². The lowest BCUT2D eigenvalue weighted by Crippen LogP contribution is -2.19. The number of anilines is 2. The van der Waals surface area contributed by atoms with Gasteiger partial charge in [0.25, 0.3) is 5.69 Å². The van der Waals surface area contributed by atoms with Gasteiger partial charge >= 0.3 is 6.03 Å². The number of nitro groups is 1. The molecule has 0 heterocycles. The zero-order chi connectivity index (χ0) is 15.4. The number of amides is 2. The summed E-state index contributed by atoms with van der Waals surface area (Å²) in [5.41, 5.74) is 0.0520. The molecule has 0 radical (unpaired) electrons. The van der Waals surface area contributed by atoms with Gasteiger partial charge in [-0.1, -0.05) is 23.7 Å². The number of nitrogens with zero attached hydrogens (tertiary/aromatic N) is 1. The molecule has 0 aromatic heterocycles. The molecule has 108 valence electrons. The van der Waals surface area contributed by atoms with Gasteiger partial charge in [-0.3, -0.25) is 10.1 Å². The fourth-order valence-corrected chi connectivity index (χ4v) is 1.76. The van der Waals surface area contributed by atoms with Gasteiger partial charge in [0.1, 0.15) is 5.75 Å². The molecular weight excluding hydrogens is 298 g/mol. The Kier molecular flexibility index (Phi) is 4.24. The molecule has 0 aliphatic rings. The lowest BCUT2D eigenvalue weighted by molar-refractivity contribution is -0.384. The van der Waals surface area contributed by atoms with Crippen molar-refractivity contribution in [3.63, 3.8) is 0 Å². The molecule has 0 atom stereocenters. The summed E-state index contributed by atoms with van der Waals surface area (Å²) in [4.78, 5) is 21.8. The van der Waals surface area contributed by atoms with Crippen LogP contribution in [0.1, 0.15) is 0 Å². The second kappa shape index (κ2) is 6.10. The summed E-state index contributed by atoms with van der Waals surface area (Å²) in [7, 11) is 0. The molecule has 0 aliphatic heterocycles. The van der Waals surface area contributed by atoms with E-state index in [1.54, 1.807) is 24.3 Å². The molecule has 0 spiro atoms. The Morgan fingerprint density at radius 1 is 1.14 bits per heavy atom. The van der Waals surface area contributed by atoms with Gasteiger partial charge in [-0.15, -0.1) is 0 Å². The fraction of sp³-hybridized carbons (Fsp3) is 0. The number of nitrogens with one attached hydrogen (secondary N) is 2. The maximum Gasteiger partial charge on any atom is 0.323 e. The predicted octanol–water partition coefficient (Wildman–Crippen LogP) is 3.60. The first-order valence-electron chi connectivity index (χ1n) is 5.77. The number of non-ortho nitro benzene ring substituents is 1. The number of carbonyl (C=O) groups is 1. The third kappa shape index (κ3) is 3.61. The number of urea groups is 1. The van der Waals surface area contributed by atoms with Crippen LogP contribution in [-0.2, 0) is 0 Å². The number of para-hydroxylation sites is 1. The molecular formula is C13H10ClN3O4. The van der Waals surface area contributed by atoms with Gasteiger partial charge in [0.15, 0.2) is 0 Å². The van der Waals surface area contributed by atoms with Crippen molar-refractivity contribution in [3.05, 3.63) is 57.6 Å². The third-order valence-electron chi connectivity index (χ3n) is 2.56. The molecule has 2 rings (SSSR count). The fourth-order valence-electron chi connectivity index (χ4n) is 1.58. The standard InChI is InChI=1S/C13H10ClN3O4/c14-9-3-1-2-4-10(9)15-13(19)16-11-7-8(17(20)21)5-6-12(11)18/h1-7,18H,(H2,15,16,19). The summed E-state index contributed by atoms with van der Waals surface area (Å²) < 4.78 is 0. The van der Waals surface area contributed by atoms with E-state index in [0.717, 1.165) is 18.2 Å². The van der Waals surface area contributed by atoms with Gasteiger partial charge in [0.2, 0.25) is 0 Å². The maximum atomic E-state index is 11.8. The first-order chi connectivity index (χ1) is 9.97. The van der Waals surface area contributed by atoms with Gasteiger partial charge in [-0.05, 0) is 18.2 Å². The Bertz CT molecular complexity index is 706. The molecule has 2 aromatic rings. The number of benzene rings is 2. The van der Waals surface area contributed by atoms with Gasteiger partial charge in [-0.25, -0.2) is 4.79 Å². The molecule has 0 unspecified atom stereocenters. The lowest BCUT2D eigenvalue weighted by atomic mass is 10.2. The van der Waals surface area contributed by atoms with E-state index in [-0.39, 0.29) is 17.1 Å². The van der Waals surface area contributed by atoms with Crippen molar-refractivity contribution in [3.8, 4) is 5.75 Å². The van der Waals surface area contributed by atoms with E-state index in [1.165, 1.54) is 0 Å². The quantitative estimate of drug-likeness (QED) is 0.457. The Morgan fingerprint density at radius 3 is 2.48 bits per heavy atom. The Morgan fingerprint density at radius 2 is 1.81 bits per heavy atom. The van der Waals surface area contributed by atoms with Crippen molar-refractivity contribution >= 4 is 34.7 Å². The third-order valence-corrected chi connectivity index (χ3v) is 2.89. The molecule has 0 saturated carbocycles. The van der Waals surface area contributed by atoms with Crippen LogP contribution in [0.5, 0.6) is 5.75 Å². The van der Waals surface area contributed by atoms with Crippen molar-refractivity contribution in [2.75, 3.05) is 10.6 Å². The Balaban J connectivity index is 2.15. The van der Waals surface area contributed by atoms with E-state index < -0.39 is 11.0 Å². The molecule has 8 heteroatoms. The van der Waals surface area contributed by atoms with Crippen LogP contribution in [0.25, 0.3) is 0 Å². The van der Waals surface area contributed by atoms with Crippen LogP contribution in [0.2, 0.25) is 5.02 Å². The summed E-state index contributed by atoms with van der Waals surface area (Å²) in [6.07, 6.45) is 0. The van der Waals surface area contributed by atoms with Crippen LogP contribution in [-0.4, -0.2) is 16.1 Å². The first-order valence-corrected chi connectivity index (χ1v) is 6.15. The van der Waals surface area contributed by atoms with Crippen molar-refractivity contribution in [1.82, 2.24) is 0 Å². The number of hydrogen-bond donors (Lipinski definition) is 3. The van der Waals surface area contributed by atoms with E-state index in [4.69, 9.17) is 11.6 Å². The van der Waals surface area contributed by atoms with Gasteiger partial charge in [0.05, 0.1) is 21.3 Å². The van der Waals surface area contributed by atoms with Crippen LogP contribution < -0.4 is 10.6 Å². The minimum atomic E-state index is -0.682. The van der Waals surface area contributed by atoms with Crippen LogP contribution in [0.4, 0.5) is 21.9 Å². The topological polar surface area (TPSA) is 104 Å². The number of phenols is 1. The maximum absolute atomic E-state index is 11.8. The predicted molar refractivity (Wildman–Crippen MR) is 78.9 cm³/mol. The highest BCUT2D eigenvalue weighted by molar-refractivity contribution is 6.33. The minimum Gasteiger partial charge on any atom is -0.506 e. The number of aromatic hydroxyl groups is 1. The lowest BCUT2D eigenvalue weighted by Gasteiger charge is -2.09. The number of halogens is 1. The number of phenolic OH excluding ortho intramolecular Hbond substituents is 1. The molecule has 7 nitrogen and oxygen atoms in total. The number of hydrogen-bond acceptors (Lipinski definition) is 4. The van der Waals surface area contributed by atoms with E-state index in [1.807, 2.05) is 0 Å². The highest BCUT2D eigenvalue weighted by Crippen LogP contribution is 2.28. The van der Waals surface area contributed by atoms with E-state index in [0.29, 0.717) is 10.7 Å². The monoisotopic (exact) mass is 307 g/mol. The molecule has 2 aromatic carbocycles. The zero-order valence-corrected chi connectivity index (χ0v) is 11.3. The normalized spacial score (nSPS) is 9.95. The summed E-state index contributed by atoms with van der Waals surface area (Å²) in [5.74, 6) is -0.282. The van der Waals surface area contributed by atoms with Gasteiger partial charge in [-0.2, -0.15) is 0 Å². The average Bonchev–Trinajstić information content (AvgIpc) is 2.43. The SMILES string of the molecule is O=C(Nc1cc([N+](=O)[O-])ccc1O)Nc1ccccc1Cl. The molecule has 0 aliphatic carbocycles. The van der Waals surface area contributed by atoms with Crippen molar-refractivity contribution in [2.24, 2.45) is 0 Å². The summed E-state index contributed by atoms with van der Waals surface area (Å²) in [5, 5.41) is 25.4. The van der Waals surface area contributed by atoms with Crippen LogP contribution in [0.3, 0.4) is 0 Å².